The van der Waals surface area contributed by atoms with Gasteiger partial charge in [0.05, 0.1) is 12.8 Å². The molecule has 1 aliphatic rings. The van der Waals surface area contributed by atoms with E-state index in [2.05, 4.69) is 30.8 Å². The topological polar surface area (TPSA) is 94.4 Å². The number of guanidine groups is 1. The van der Waals surface area contributed by atoms with Gasteiger partial charge in [0.2, 0.25) is 5.82 Å². The Morgan fingerprint density at radius 2 is 2.28 bits per heavy atom. The van der Waals surface area contributed by atoms with E-state index in [1.165, 1.54) is 4.90 Å². The fourth-order valence-corrected chi connectivity index (χ4v) is 3.06. The molecule has 0 radical (unpaired) electrons. The van der Waals surface area contributed by atoms with Gasteiger partial charge in [-0.15, -0.1) is 24.0 Å². The normalized spacial score (nSPS) is 17.9. The van der Waals surface area contributed by atoms with Crippen LogP contribution in [0.2, 0.25) is 0 Å². The fourth-order valence-electron chi connectivity index (χ4n) is 3.06. The summed E-state index contributed by atoms with van der Waals surface area (Å²) in [5.41, 5.74) is 0. The van der Waals surface area contributed by atoms with Crippen LogP contribution in [0, 0.1) is 0 Å². The molecule has 0 bridgehead atoms. The zero-order valence-electron chi connectivity index (χ0n) is 16.0. The van der Waals surface area contributed by atoms with Crippen molar-refractivity contribution < 1.29 is 17.6 Å². The Hall–Kier alpha value is -1.83. The monoisotopic (exact) mass is 527 g/mol. The average Bonchev–Trinajstić information content (AvgIpc) is 3.35. The van der Waals surface area contributed by atoms with Gasteiger partial charge in [0, 0.05) is 38.6 Å². The number of rotatable bonds is 7. The van der Waals surface area contributed by atoms with Crippen molar-refractivity contribution >= 4 is 29.9 Å². The molecule has 0 aromatic carbocycles. The molecule has 0 spiro atoms. The third kappa shape index (κ3) is 7.49. The average molecular weight is 527 g/mol. The van der Waals surface area contributed by atoms with Crippen molar-refractivity contribution in [3.8, 4) is 11.6 Å². The number of nitrogens with one attached hydrogen (secondary N) is 3. The van der Waals surface area contributed by atoms with Gasteiger partial charge in [-0.2, -0.15) is 18.3 Å². The molecule has 3 heterocycles. The van der Waals surface area contributed by atoms with Gasteiger partial charge in [-0.1, -0.05) is 0 Å². The van der Waals surface area contributed by atoms with Crippen molar-refractivity contribution in [1.29, 1.82) is 0 Å². The van der Waals surface area contributed by atoms with Crippen LogP contribution in [0.25, 0.3) is 11.6 Å². The molecule has 0 amide bonds. The van der Waals surface area contributed by atoms with E-state index >= 15 is 0 Å². The predicted octanol–water partition coefficient (Wildman–Crippen LogP) is 2.42. The van der Waals surface area contributed by atoms with Gasteiger partial charge in [-0.3, -0.25) is 15.0 Å². The predicted molar refractivity (Wildman–Crippen MR) is 113 cm³/mol. The minimum Gasteiger partial charge on any atom is -0.461 e. The maximum Gasteiger partial charge on any atom is 0.401 e. The highest BCUT2D eigenvalue weighted by atomic mass is 127. The molecule has 1 aliphatic heterocycles. The minimum absolute atomic E-state index is 0. The van der Waals surface area contributed by atoms with Crippen LogP contribution >= 0.6 is 24.0 Å². The second kappa shape index (κ2) is 10.8. The molecule has 1 fully saturated rings. The molecule has 0 aliphatic carbocycles. The summed E-state index contributed by atoms with van der Waals surface area (Å²) in [6.45, 7) is 2.95. The number of aliphatic imine (C=N–C) groups is 1. The van der Waals surface area contributed by atoms with Gasteiger partial charge in [0.15, 0.2) is 11.7 Å². The van der Waals surface area contributed by atoms with Crippen LogP contribution in [-0.2, 0) is 6.42 Å². The zero-order chi connectivity index (χ0) is 20.0. The molecule has 0 saturated carbocycles. The lowest BCUT2D eigenvalue weighted by Gasteiger charge is -2.19. The molecule has 162 valence electrons. The SMILES string of the molecule is CCNC(=NCCc1nc(-c2ccco2)n[nH]1)NC1CCN(CC(F)(F)F)C1.I. The Labute approximate surface area is 183 Å². The van der Waals surface area contributed by atoms with E-state index in [-0.39, 0.29) is 30.0 Å². The van der Waals surface area contributed by atoms with Crippen LogP contribution in [-0.4, -0.2) is 71.0 Å². The molecular formula is C17H25F3IN7O. The third-order valence-electron chi connectivity index (χ3n) is 4.25. The number of aromatic nitrogens is 3. The van der Waals surface area contributed by atoms with E-state index in [0.29, 0.717) is 62.4 Å². The Morgan fingerprint density at radius 3 is 2.97 bits per heavy atom. The fraction of sp³-hybridized carbons (Fsp3) is 0.588. The lowest BCUT2D eigenvalue weighted by molar-refractivity contribution is -0.143. The van der Waals surface area contributed by atoms with Crippen LogP contribution in [0.15, 0.2) is 27.8 Å². The van der Waals surface area contributed by atoms with Gasteiger partial charge in [0.25, 0.3) is 0 Å². The first-order valence-corrected chi connectivity index (χ1v) is 9.22. The van der Waals surface area contributed by atoms with E-state index in [1.807, 2.05) is 6.92 Å². The number of H-pyrrole nitrogens is 1. The van der Waals surface area contributed by atoms with E-state index in [1.54, 1.807) is 18.4 Å². The third-order valence-corrected chi connectivity index (χ3v) is 4.25. The molecule has 2 aromatic heterocycles. The van der Waals surface area contributed by atoms with E-state index in [4.69, 9.17) is 4.42 Å². The Morgan fingerprint density at radius 1 is 1.45 bits per heavy atom. The van der Waals surface area contributed by atoms with Crippen LogP contribution in [0.5, 0.6) is 0 Å². The van der Waals surface area contributed by atoms with Crippen molar-refractivity contribution in [3.05, 3.63) is 24.2 Å². The Kier molecular flexibility index (Phi) is 8.74. The van der Waals surface area contributed by atoms with E-state index in [0.717, 1.165) is 0 Å². The maximum atomic E-state index is 12.5. The quantitative estimate of drug-likeness (QED) is 0.291. The van der Waals surface area contributed by atoms with Gasteiger partial charge < -0.3 is 15.1 Å². The zero-order valence-corrected chi connectivity index (χ0v) is 18.3. The minimum atomic E-state index is -4.17. The van der Waals surface area contributed by atoms with Gasteiger partial charge in [-0.05, 0) is 25.5 Å². The van der Waals surface area contributed by atoms with Crippen LogP contribution in [0.1, 0.15) is 19.2 Å². The summed E-state index contributed by atoms with van der Waals surface area (Å²) in [4.78, 5) is 10.3. The largest absolute Gasteiger partial charge is 0.461 e. The first kappa shape index (κ1) is 23.4. The Balaban J connectivity index is 0.00000300. The maximum absolute atomic E-state index is 12.5. The molecule has 29 heavy (non-hydrogen) atoms. The van der Waals surface area contributed by atoms with Crippen molar-refractivity contribution in [2.24, 2.45) is 4.99 Å². The van der Waals surface area contributed by atoms with Gasteiger partial charge >= 0.3 is 6.18 Å². The summed E-state index contributed by atoms with van der Waals surface area (Å²) >= 11 is 0. The molecule has 3 rings (SSSR count). The highest BCUT2D eigenvalue weighted by Crippen LogP contribution is 2.20. The first-order valence-electron chi connectivity index (χ1n) is 9.22. The number of likely N-dealkylation sites (tertiary alicyclic amines) is 1. The summed E-state index contributed by atoms with van der Waals surface area (Å²) in [6, 6.07) is 3.49. The molecule has 1 saturated heterocycles. The lowest BCUT2D eigenvalue weighted by Crippen LogP contribution is -2.45. The second-order valence-corrected chi connectivity index (χ2v) is 6.57. The van der Waals surface area contributed by atoms with Gasteiger partial charge in [-0.25, -0.2) is 4.98 Å². The number of halogens is 4. The first-order chi connectivity index (χ1) is 13.4. The summed E-state index contributed by atoms with van der Waals surface area (Å²) < 4.78 is 42.8. The number of nitrogens with zero attached hydrogens (tertiary/aromatic N) is 4. The van der Waals surface area contributed by atoms with E-state index < -0.39 is 12.7 Å². The summed E-state index contributed by atoms with van der Waals surface area (Å²) in [5.74, 6) is 2.35. The van der Waals surface area contributed by atoms with E-state index in [9.17, 15) is 13.2 Å². The molecule has 3 N–H and O–H groups in total. The number of furan rings is 1. The van der Waals surface area contributed by atoms with Crippen LogP contribution < -0.4 is 10.6 Å². The molecule has 2 aromatic rings. The smallest absolute Gasteiger partial charge is 0.401 e. The number of aromatic amines is 1. The van der Waals surface area contributed by atoms with Crippen molar-refractivity contribution in [1.82, 2.24) is 30.7 Å². The number of alkyl halides is 3. The molecular weight excluding hydrogens is 502 g/mol. The van der Waals surface area contributed by atoms with Crippen molar-refractivity contribution in [3.63, 3.8) is 0 Å². The molecule has 1 unspecified atom stereocenters. The lowest BCUT2D eigenvalue weighted by atomic mass is 10.3. The number of hydrogen-bond donors (Lipinski definition) is 3. The second-order valence-electron chi connectivity index (χ2n) is 6.57. The molecule has 12 heteroatoms. The summed E-state index contributed by atoms with van der Waals surface area (Å²) in [7, 11) is 0. The highest BCUT2D eigenvalue weighted by Gasteiger charge is 2.34. The molecule has 1 atom stereocenters. The number of hydrogen-bond acceptors (Lipinski definition) is 5. The standard InChI is InChI=1S/C17H24F3N7O.HI/c1-2-21-16(23-12-6-8-27(10-12)11-17(18,19)20)22-7-5-14-24-15(26-25-14)13-4-3-9-28-13;/h3-4,9,12H,2,5-8,10-11H2,1H3,(H2,21,22,23)(H,24,25,26);1H. The van der Waals surface area contributed by atoms with Crippen molar-refractivity contribution in [2.45, 2.75) is 32.0 Å². The molecule has 8 nitrogen and oxygen atoms in total. The van der Waals surface area contributed by atoms with Gasteiger partial charge in [0.1, 0.15) is 5.82 Å². The van der Waals surface area contributed by atoms with Crippen LogP contribution in [0.4, 0.5) is 13.2 Å². The highest BCUT2D eigenvalue weighted by molar-refractivity contribution is 14.0. The van der Waals surface area contributed by atoms with Crippen molar-refractivity contribution in [2.75, 3.05) is 32.7 Å². The summed E-state index contributed by atoms with van der Waals surface area (Å²) in [6.07, 6.45) is -1.41. The summed E-state index contributed by atoms with van der Waals surface area (Å²) in [5, 5.41) is 13.3. The Bertz CT molecular complexity index is 763. The van der Waals surface area contributed by atoms with Crippen LogP contribution in [0.3, 0.4) is 0 Å².